The number of carbonyl (C=O) groups is 1. The average Bonchev–Trinajstić information content (AvgIpc) is 2.39. The molecule has 0 spiro atoms. The van der Waals surface area contributed by atoms with E-state index in [9.17, 15) is 4.79 Å². The first-order valence-electron chi connectivity index (χ1n) is 5.83. The van der Waals surface area contributed by atoms with Crippen LogP contribution < -0.4 is 10.5 Å². The predicted molar refractivity (Wildman–Crippen MR) is 73.9 cm³/mol. The molecule has 0 saturated carbocycles. The lowest BCUT2D eigenvalue weighted by atomic mass is 10.4. The first-order chi connectivity index (χ1) is 8.62. The highest BCUT2D eigenvalue weighted by atomic mass is 32.2. The number of methoxy groups -OCH3 is 1. The summed E-state index contributed by atoms with van der Waals surface area (Å²) in [6, 6.07) is 3.52. The van der Waals surface area contributed by atoms with Gasteiger partial charge >= 0.3 is 0 Å². The van der Waals surface area contributed by atoms with Gasteiger partial charge < -0.3 is 15.4 Å². The zero-order valence-electron chi connectivity index (χ0n) is 11.0. The second-order valence-corrected chi connectivity index (χ2v) is 4.60. The molecule has 1 rings (SSSR count). The number of nitrogens with two attached hydrogens (primary N) is 1. The molecule has 0 saturated heterocycles. The minimum absolute atomic E-state index is 0.114. The van der Waals surface area contributed by atoms with Crippen molar-refractivity contribution in [3.8, 4) is 5.88 Å². The van der Waals surface area contributed by atoms with Crippen LogP contribution in [0.5, 0.6) is 5.88 Å². The number of carbonyl (C=O) groups excluding carboxylic acids is 1. The van der Waals surface area contributed by atoms with Crippen molar-refractivity contribution in [1.29, 1.82) is 0 Å². The molecular formula is C12H19N3O2S. The van der Waals surface area contributed by atoms with E-state index < -0.39 is 0 Å². The summed E-state index contributed by atoms with van der Waals surface area (Å²) in [4.78, 5) is 17.8. The van der Waals surface area contributed by atoms with E-state index in [0.717, 1.165) is 18.1 Å². The first kappa shape index (κ1) is 14.6. The fourth-order valence-corrected chi connectivity index (χ4v) is 2.25. The summed E-state index contributed by atoms with van der Waals surface area (Å²) in [6.07, 6.45) is 0. The Labute approximate surface area is 112 Å². The van der Waals surface area contributed by atoms with E-state index >= 15 is 0 Å². The number of nitrogen functional groups attached to an aromatic ring is 1. The molecule has 0 aromatic carbocycles. The van der Waals surface area contributed by atoms with Gasteiger partial charge in [0.2, 0.25) is 11.8 Å². The summed E-state index contributed by atoms with van der Waals surface area (Å²) in [6.45, 7) is 5.40. The standard InChI is InChI=1S/C12H19N3O2S/c1-4-15(5-2)11(16)8-18-10-7-6-9(13)12(14-10)17-3/h6-7H,4-5,8,13H2,1-3H3. The summed E-state index contributed by atoms with van der Waals surface area (Å²) in [5.74, 6) is 0.889. The number of thioether (sulfide) groups is 1. The van der Waals surface area contributed by atoms with Gasteiger partial charge in [0, 0.05) is 13.1 Å². The largest absolute Gasteiger partial charge is 0.480 e. The second-order valence-electron chi connectivity index (χ2n) is 3.60. The summed E-state index contributed by atoms with van der Waals surface area (Å²) < 4.78 is 5.04. The molecule has 2 N–H and O–H groups in total. The van der Waals surface area contributed by atoms with Crippen molar-refractivity contribution in [3.05, 3.63) is 12.1 Å². The third-order valence-corrected chi connectivity index (χ3v) is 3.43. The maximum Gasteiger partial charge on any atom is 0.237 e. The lowest BCUT2D eigenvalue weighted by Crippen LogP contribution is -2.31. The number of hydrogen-bond donors (Lipinski definition) is 1. The molecular weight excluding hydrogens is 250 g/mol. The Hall–Kier alpha value is -1.43. The predicted octanol–water partition coefficient (Wildman–Crippen LogP) is 1.63. The van der Waals surface area contributed by atoms with Crippen molar-refractivity contribution in [2.75, 3.05) is 31.7 Å². The molecule has 1 heterocycles. The van der Waals surface area contributed by atoms with E-state index in [1.807, 2.05) is 13.8 Å². The molecule has 18 heavy (non-hydrogen) atoms. The van der Waals surface area contributed by atoms with Gasteiger partial charge in [0.15, 0.2) is 0 Å². The van der Waals surface area contributed by atoms with Crippen LogP contribution in [0.25, 0.3) is 0 Å². The van der Waals surface area contributed by atoms with E-state index in [1.54, 1.807) is 17.0 Å². The topological polar surface area (TPSA) is 68.5 Å². The summed E-state index contributed by atoms with van der Waals surface area (Å²) >= 11 is 1.39. The molecule has 5 nitrogen and oxygen atoms in total. The zero-order valence-corrected chi connectivity index (χ0v) is 11.8. The molecule has 1 aromatic heterocycles. The Morgan fingerprint density at radius 3 is 2.67 bits per heavy atom. The molecule has 0 bridgehead atoms. The van der Waals surface area contributed by atoms with E-state index in [4.69, 9.17) is 10.5 Å². The van der Waals surface area contributed by atoms with Crippen LogP contribution in [-0.4, -0.2) is 41.7 Å². The SMILES string of the molecule is CCN(CC)C(=O)CSc1ccc(N)c(OC)n1. The molecule has 0 atom stereocenters. The smallest absolute Gasteiger partial charge is 0.237 e. The third kappa shape index (κ3) is 3.80. The van der Waals surface area contributed by atoms with E-state index in [0.29, 0.717) is 17.3 Å². The summed E-state index contributed by atoms with van der Waals surface area (Å²) in [5.41, 5.74) is 6.17. The van der Waals surface area contributed by atoms with Gasteiger partial charge in [-0.05, 0) is 26.0 Å². The maximum atomic E-state index is 11.8. The van der Waals surface area contributed by atoms with E-state index in [2.05, 4.69) is 4.98 Å². The van der Waals surface area contributed by atoms with Gasteiger partial charge in [0.1, 0.15) is 5.03 Å². The van der Waals surface area contributed by atoms with Crippen LogP contribution in [0.3, 0.4) is 0 Å². The number of ether oxygens (including phenoxy) is 1. The van der Waals surface area contributed by atoms with E-state index in [-0.39, 0.29) is 5.91 Å². The van der Waals surface area contributed by atoms with Gasteiger partial charge in [-0.2, -0.15) is 0 Å². The van der Waals surface area contributed by atoms with Gasteiger partial charge in [-0.15, -0.1) is 0 Å². The van der Waals surface area contributed by atoms with Crippen LogP contribution in [0.2, 0.25) is 0 Å². The summed E-state index contributed by atoms with van der Waals surface area (Å²) in [5, 5.41) is 0.738. The van der Waals surface area contributed by atoms with Crippen molar-refractivity contribution in [2.45, 2.75) is 18.9 Å². The first-order valence-corrected chi connectivity index (χ1v) is 6.82. The van der Waals surface area contributed by atoms with Crippen molar-refractivity contribution in [2.24, 2.45) is 0 Å². The molecule has 0 unspecified atom stereocenters. The molecule has 0 aliphatic heterocycles. The number of rotatable bonds is 6. The van der Waals surface area contributed by atoms with Crippen LogP contribution in [0, 0.1) is 0 Å². The lowest BCUT2D eigenvalue weighted by Gasteiger charge is -2.18. The molecule has 0 aliphatic rings. The van der Waals surface area contributed by atoms with Crippen LogP contribution in [-0.2, 0) is 4.79 Å². The van der Waals surface area contributed by atoms with Gasteiger partial charge in [-0.1, -0.05) is 11.8 Å². The summed E-state index contributed by atoms with van der Waals surface area (Å²) in [7, 11) is 1.52. The Balaban J connectivity index is 2.61. The minimum Gasteiger partial charge on any atom is -0.480 e. The van der Waals surface area contributed by atoms with Gasteiger partial charge in [0.05, 0.1) is 18.6 Å². The zero-order chi connectivity index (χ0) is 13.5. The van der Waals surface area contributed by atoms with Crippen LogP contribution in [0.4, 0.5) is 5.69 Å². The van der Waals surface area contributed by atoms with Crippen LogP contribution in [0.1, 0.15) is 13.8 Å². The monoisotopic (exact) mass is 269 g/mol. The van der Waals surface area contributed by atoms with Crippen LogP contribution >= 0.6 is 11.8 Å². The quantitative estimate of drug-likeness (QED) is 0.795. The van der Waals surface area contributed by atoms with Crippen molar-refractivity contribution in [3.63, 3.8) is 0 Å². The number of nitrogens with zero attached hydrogens (tertiary/aromatic N) is 2. The highest BCUT2D eigenvalue weighted by molar-refractivity contribution is 7.99. The highest BCUT2D eigenvalue weighted by Crippen LogP contribution is 2.23. The normalized spacial score (nSPS) is 10.2. The van der Waals surface area contributed by atoms with Gasteiger partial charge in [0.25, 0.3) is 0 Å². The van der Waals surface area contributed by atoms with Crippen molar-refractivity contribution < 1.29 is 9.53 Å². The molecule has 1 aromatic rings. The van der Waals surface area contributed by atoms with Crippen molar-refractivity contribution in [1.82, 2.24) is 9.88 Å². The third-order valence-electron chi connectivity index (χ3n) is 2.52. The van der Waals surface area contributed by atoms with E-state index in [1.165, 1.54) is 18.9 Å². The fourth-order valence-electron chi connectivity index (χ4n) is 1.48. The number of pyridine rings is 1. The van der Waals surface area contributed by atoms with Crippen LogP contribution in [0.15, 0.2) is 17.2 Å². The second kappa shape index (κ2) is 7.10. The lowest BCUT2D eigenvalue weighted by molar-refractivity contribution is -0.127. The molecule has 6 heteroatoms. The fraction of sp³-hybridized carbons (Fsp3) is 0.500. The highest BCUT2D eigenvalue weighted by Gasteiger charge is 2.11. The Morgan fingerprint density at radius 1 is 1.44 bits per heavy atom. The Morgan fingerprint density at radius 2 is 2.11 bits per heavy atom. The number of anilines is 1. The Bertz CT molecular complexity index is 408. The molecule has 1 amide bonds. The minimum atomic E-state index is 0.114. The maximum absolute atomic E-state index is 11.8. The molecule has 0 radical (unpaired) electrons. The molecule has 100 valence electrons. The molecule has 0 fully saturated rings. The number of amides is 1. The number of aromatic nitrogens is 1. The Kier molecular flexibility index (Phi) is 5.77. The molecule has 0 aliphatic carbocycles. The average molecular weight is 269 g/mol. The van der Waals surface area contributed by atoms with Crippen molar-refractivity contribution >= 4 is 23.4 Å². The number of hydrogen-bond acceptors (Lipinski definition) is 5. The van der Waals surface area contributed by atoms with Gasteiger partial charge in [-0.25, -0.2) is 4.98 Å². The van der Waals surface area contributed by atoms with Gasteiger partial charge in [-0.3, -0.25) is 4.79 Å².